The zero-order valence-corrected chi connectivity index (χ0v) is 24.0. The first-order chi connectivity index (χ1) is 14.7. The lowest BCUT2D eigenvalue weighted by atomic mass is 10.4. The molecule has 7 heteroatoms. The molecule has 0 aromatic rings. The predicted molar refractivity (Wildman–Crippen MR) is 144 cm³/mol. The average molecular weight is 503 g/mol. The van der Waals surface area contributed by atoms with Crippen LogP contribution in [0.15, 0.2) is 0 Å². The van der Waals surface area contributed by atoms with Gasteiger partial charge in [0.1, 0.15) is 34.5 Å². The molecule has 0 heterocycles. The van der Waals surface area contributed by atoms with E-state index in [0.717, 1.165) is 21.8 Å². The lowest BCUT2D eigenvalue weighted by Gasteiger charge is -2.07. The Labute approximate surface area is 202 Å². The number of rotatable bonds is 18. The fraction of sp³-hybridized carbons (Fsp3) is 1.00. The Balaban J connectivity index is -0.000000416. The lowest BCUT2D eigenvalue weighted by Crippen LogP contribution is -2.16. The molecule has 4 nitrogen and oxygen atoms in total. The van der Waals surface area contributed by atoms with Crippen LogP contribution in [0, 0.1) is 0 Å². The molecule has 0 aromatic carbocycles. The molecule has 0 spiro atoms. The van der Waals surface area contributed by atoms with Crippen LogP contribution in [0.1, 0.15) is 119 Å². The predicted octanol–water partition coefficient (Wildman–Crippen LogP) is 6.67. The van der Waals surface area contributed by atoms with Gasteiger partial charge in [-0.05, 0) is 60.3 Å². The van der Waals surface area contributed by atoms with Crippen molar-refractivity contribution < 1.29 is 17.5 Å². The molecule has 0 aliphatic heterocycles. The highest BCUT2D eigenvalue weighted by Crippen LogP contribution is 2.09. The van der Waals surface area contributed by atoms with E-state index in [1.54, 1.807) is 0 Å². The highest BCUT2D eigenvalue weighted by Gasteiger charge is 2.15. The molecule has 0 saturated carbocycles. The molecule has 0 saturated heterocycles. The zero-order valence-electron chi connectivity index (χ0n) is 21.6. The monoisotopic (exact) mass is 502 g/mol. The van der Waals surface area contributed by atoms with Gasteiger partial charge in [-0.1, -0.05) is 80.1 Å². The number of unbranched alkanes of at least 4 members (excludes halogenated alkanes) is 6. The Morgan fingerprint density at radius 3 is 0.677 bits per heavy atom. The van der Waals surface area contributed by atoms with Crippen LogP contribution in [-0.2, 0) is 32.2 Å². The van der Waals surface area contributed by atoms with Crippen LogP contribution in [0.25, 0.3) is 0 Å². The Hall–Kier alpha value is 0.570. The number of hydrogen-bond donors (Lipinski definition) is 0. The molecule has 0 atom stereocenters. The molecule has 0 N–H and O–H groups in total. The van der Waals surface area contributed by atoms with Crippen LogP contribution in [0.3, 0.4) is 0 Å². The number of hydrogen-bond acceptors (Lipinski definition) is 4. The average Bonchev–Trinajstić information content (AvgIpc) is 2.72. The van der Waals surface area contributed by atoms with Gasteiger partial charge in [0.15, 0.2) is 0 Å². The summed E-state index contributed by atoms with van der Waals surface area (Å²) in [6.45, 7) is 13.8. The van der Waals surface area contributed by atoms with Crippen molar-refractivity contribution in [1.82, 2.24) is 0 Å². The van der Waals surface area contributed by atoms with Gasteiger partial charge in [0, 0.05) is 10.4 Å². The van der Waals surface area contributed by atoms with E-state index in [0.29, 0.717) is 0 Å². The van der Waals surface area contributed by atoms with Crippen molar-refractivity contribution in [3.63, 3.8) is 0 Å². The van der Waals surface area contributed by atoms with Gasteiger partial charge in [0.25, 0.3) is 0 Å². The van der Waals surface area contributed by atoms with E-state index in [1.165, 1.54) is 112 Å². The maximum atomic E-state index is 8.52. The summed E-state index contributed by atoms with van der Waals surface area (Å²) in [5, 5.41) is 0. The van der Waals surface area contributed by atoms with Crippen LogP contribution in [-0.4, -0.2) is 52.0 Å². The first kappa shape index (κ1) is 36.1. The second kappa shape index (κ2) is 28.6. The van der Waals surface area contributed by atoms with Crippen LogP contribution >= 0.6 is 0 Å². The van der Waals surface area contributed by atoms with E-state index < -0.39 is 10.4 Å². The Morgan fingerprint density at radius 2 is 0.581 bits per heavy atom. The Morgan fingerprint density at radius 1 is 0.452 bits per heavy atom. The summed E-state index contributed by atoms with van der Waals surface area (Å²) in [5.74, 6) is 9.06. The third-order valence-corrected chi connectivity index (χ3v) is 9.92. The minimum Gasteiger partial charge on any atom is -0.759 e. The largest absolute Gasteiger partial charge is 0.759 e. The molecule has 0 aliphatic carbocycles. The molecule has 192 valence electrons. The molecule has 0 fully saturated rings. The smallest absolute Gasteiger partial charge is 0.108 e. The second-order valence-corrected chi connectivity index (χ2v) is 13.7. The summed E-state index contributed by atoms with van der Waals surface area (Å²) in [4.78, 5) is 0. The molecule has 0 rings (SSSR count). The van der Waals surface area contributed by atoms with Crippen LogP contribution in [0.2, 0.25) is 0 Å². The summed E-state index contributed by atoms with van der Waals surface area (Å²) < 4.78 is 34.1. The van der Waals surface area contributed by atoms with Gasteiger partial charge in [-0.25, -0.2) is 0 Å². The normalized spacial score (nSPS) is 11.2. The van der Waals surface area contributed by atoms with Crippen molar-refractivity contribution in [1.29, 1.82) is 0 Å². The quantitative estimate of drug-likeness (QED) is 0.119. The highest BCUT2D eigenvalue weighted by molar-refractivity contribution is 7.97. The minimum absolute atomic E-state index is 0.776. The molecule has 0 radical (unpaired) electrons. The van der Waals surface area contributed by atoms with Gasteiger partial charge in [0.05, 0.1) is 0 Å². The van der Waals surface area contributed by atoms with E-state index in [2.05, 4.69) is 41.5 Å². The van der Waals surface area contributed by atoms with Crippen LogP contribution < -0.4 is 0 Å². The molecular formula is C24H54O4S3. The summed E-state index contributed by atoms with van der Waals surface area (Å²) in [7, 11) is -3.61. The standard InChI is InChI=1S/2C12H27S.H2O4S/c2*1-4-7-10-13(11-8-5-2)12-9-6-3;1-5(2,3)4/h2*4-12H2,1-3H3;(H2,1,2,3,4)/q2*+1;/p-2. The van der Waals surface area contributed by atoms with Crippen molar-refractivity contribution in [3.8, 4) is 0 Å². The summed E-state index contributed by atoms with van der Waals surface area (Å²) >= 11 is 0. The summed E-state index contributed by atoms with van der Waals surface area (Å²) in [6, 6.07) is 0. The third kappa shape index (κ3) is 41.3. The molecule has 0 amide bonds. The molecule has 31 heavy (non-hydrogen) atoms. The van der Waals surface area contributed by atoms with E-state index in [4.69, 9.17) is 17.5 Å². The molecule has 0 aliphatic rings. The van der Waals surface area contributed by atoms with Crippen molar-refractivity contribution in [2.45, 2.75) is 119 Å². The minimum atomic E-state index is -5.17. The molecule has 0 unspecified atom stereocenters. The molecular weight excluding hydrogens is 448 g/mol. The second-order valence-electron chi connectivity index (χ2n) is 7.98. The van der Waals surface area contributed by atoms with E-state index in [1.807, 2.05) is 0 Å². The van der Waals surface area contributed by atoms with Crippen molar-refractivity contribution in [3.05, 3.63) is 0 Å². The lowest BCUT2D eigenvalue weighted by molar-refractivity contribution is 0.352. The topological polar surface area (TPSA) is 80.3 Å². The van der Waals surface area contributed by atoms with Gasteiger partial charge in [-0.15, -0.1) is 0 Å². The first-order valence-electron chi connectivity index (χ1n) is 12.6. The van der Waals surface area contributed by atoms with Gasteiger partial charge >= 0.3 is 0 Å². The van der Waals surface area contributed by atoms with E-state index in [-0.39, 0.29) is 0 Å². The van der Waals surface area contributed by atoms with E-state index >= 15 is 0 Å². The van der Waals surface area contributed by atoms with Gasteiger partial charge < -0.3 is 9.11 Å². The van der Waals surface area contributed by atoms with Crippen molar-refractivity contribution in [2.75, 3.05) is 34.5 Å². The molecule has 0 bridgehead atoms. The fourth-order valence-electron chi connectivity index (χ4n) is 2.70. The van der Waals surface area contributed by atoms with Crippen molar-refractivity contribution >= 4 is 32.2 Å². The van der Waals surface area contributed by atoms with Crippen molar-refractivity contribution in [2.24, 2.45) is 0 Å². The summed E-state index contributed by atoms with van der Waals surface area (Å²) in [6.07, 6.45) is 17.0. The Bertz CT molecular complexity index is 347. The van der Waals surface area contributed by atoms with Crippen LogP contribution in [0.4, 0.5) is 0 Å². The zero-order chi connectivity index (χ0) is 24.4. The Kier molecular flexibility index (Phi) is 33.3. The van der Waals surface area contributed by atoms with Crippen LogP contribution in [0.5, 0.6) is 0 Å². The SMILES string of the molecule is CCCC[S+](CCCC)CCCC.CCCC[S+](CCCC)CCCC.O=S(=O)([O-])[O-]. The fourth-order valence-corrected chi connectivity index (χ4v) is 8.11. The maximum absolute atomic E-state index is 8.52. The highest BCUT2D eigenvalue weighted by atomic mass is 32.3. The third-order valence-electron chi connectivity index (χ3n) is 4.72. The first-order valence-corrected chi connectivity index (χ1v) is 17.4. The van der Waals surface area contributed by atoms with Gasteiger partial charge in [0.2, 0.25) is 0 Å². The molecule has 0 aromatic heterocycles. The van der Waals surface area contributed by atoms with E-state index in [9.17, 15) is 0 Å². The maximum Gasteiger partial charge on any atom is 0.108 e. The van der Waals surface area contributed by atoms with Gasteiger partial charge in [-0.2, -0.15) is 0 Å². The van der Waals surface area contributed by atoms with Gasteiger partial charge in [-0.3, -0.25) is 8.42 Å². The summed E-state index contributed by atoms with van der Waals surface area (Å²) in [5.41, 5.74) is 0.